The second-order valence-corrected chi connectivity index (χ2v) is 12.7. The van der Waals surface area contributed by atoms with E-state index in [1.807, 2.05) is 24.3 Å². The zero-order valence-corrected chi connectivity index (χ0v) is 24.4. The number of amides is 1. The second-order valence-electron chi connectivity index (χ2n) is 12.7. The number of rotatable bonds is 14. The van der Waals surface area contributed by atoms with Gasteiger partial charge < -0.3 is 5.11 Å². The molecule has 0 aromatic heterocycles. The Kier molecular flexibility index (Phi) is 10.9. The predicted molar refractivity (Wildman–Crippen MR) is 160 cm³/mol. The summed E-state index contributed by atoms with van der Waals surface area (Å²) in [6.07, 6.45) is 14.9. The van der Waals surface area contributed by atoms with Crippen molar-refractivity contribution in [2.75, 3.05) is 6.61 Å². The fourth-order valence-corrected chi connectivity index (χ4v) is 5.42. The first-order valence-corrected chi connectivity index (χ1v) is 14.4. The first kappa shape index (κ1) is 31.3. The molecule has 0 atom stereocenters. The van der Waals surface area contributed by atoms with Gasteiger partial charge in [0.2, 0.25) is 0 Å². The molecule has 0 saturated carbocycles. The normalized spacial score (nSPS) is 16.2. The lowest BCUT2D eigenvalue weighted by Crippen LogP contribution is -2.21. The van der Waals surface area contributed by atoms with Crippen LogP contribution in [0.15, 0.2) is 64.9 Å². The first-order chi connectivity index (χ1) is 18.9. The minimum atomic E-state index is -0.767. The topological polar surface area (TPSA) is 101 Å². The molecule has 0 aliphatic heterocycles. The molecule has 0 fully saturated rings. The Morgan fingerprint density at radius 2 is 1.25 bits per heavy atom. The number of carbonyl (C=O) groups is 3. The molecule has 0 saturated heterocycles. The Morgan fingerprint density at radius 3 is 1.70 bits per heavy atom. The average molecular weight is 546 g/mol. The minimum Gasteiger partial charge on any atom is -0.396 e. The summed E-state index contributed by atoms with van der Waals surface area (Å²) in [5.41, 5.74) is 5.23. The number of aliphatic hydroxyl groups excluding tert-OH is 1. The van der Waals surface area contributed by atoms with E-state index < -0.39 is 11.3 Å². The quantitative estimate of drug-likeness (QED) is 0.191. The van der Waals surface area contributed by atoms with E-state index in [9.17, 15) is 24.4 Å². The molecule has 0 heterocycles. The van der Waals surface area contributed by atoms with Gasteiger partial charge in [-0.1, -0.05) is 75.9 Å². The van der Waals surface area contributed by atoms with E-state index in [1.165, 1.54) is 0 Å². The van der Waals surface area contributed by atoms with Crippen LogP contribution in [-0.2, 0) is 14.4 Å². The summed E-state index contributed by atoms with van der Waals surface area (Å²) < 4.78 is 0. The van der Waals surface area contributed by atoms with Crippen LogP contribution in [0.3, 0.4) is 0 Å². The smallest absolute Gasteiger partial charge is 0.291 e. The fraction of sp³-hybridized carbons (Fsp3) is 0.500. The van der Waals surface area contributed by atoms with E-state index in [0.29, 0.717) is 19.3 Å². The summed E-state index contributed by atoms with van der Waals surface area (Å²) in [4.78, 5) is 47.7. The molecule has 0 radical (unpaired) electrons. The molecule has 1 aromatic rings. The lowest BCUT2D eigenvalue weighted by Gasteiger charge is -2.23. The number of carbonyl (C=O) groups excluding carboxylic acids is 3. The molecule has 6 nitrogen and oxygen atoms in total. The highest BCUT2D eigenvalue weighted by Crippen LogP contribution is 2.37. The lowest BCUT2D eigenvalue weighted by molar-refractivity contribution is -0.126. The Balaban J connectivity index is 1.65. The standard InChI is InChI=1S/C34H43NO5/c1-33(2,23-36)15-9-7-11-24-17-26(21-28(37)19-24)30-13-5-6-14-31(30)27-18-25(20-29(38)22-27)12-8-10-16-34(3,4)32(39)35-40/h5-6,13-14,19-22,36H,7-12,15-18,23H2,1-4H3. The summed E-state index contributed by atoms with van der Waals surface area (Å²) >= 11 is 0. The molecular weight excluding hydrogens is 502 g/mol. The van der Waals surface area contributed by atoms with Gasteiger partial charge in [0, 0.05) is 17.2 Å². The molecule has 0 spiro atoms. The van der Waals surface area contributed by atoms with Crippen molar-refractivity contribution in [1.82, 2.24) is 0 Å². The van der Waals surface area contributed by atoms with Crippen LogP contribution in [0.1, 0.15) is 103 Å². The Morgan fingerprint density at radius 1 is 0.775 bits per heavy atom. The van der Waals surface area contributed by atoms with Crippen molar-refractivity contribution in [3.8, 4) is 0 Å². The number of aliphatic hydroxyl groups is 1. The van der Waals surface area contributed by atoms with Crippen molar-refractivity contribution < 1.29 is 19.5 Å². The maximum Gasteiger partial charge on any atom is 0.291 e. The highest BCUT2D eigenvalue weighted by Gasteiger charge is 2.28. The van der Waals surface area contributed by atoms with Gasteiger partial charge in [0.15, 0.2) is 11.6 Å². The number of hydrogen-bond acceptors (Lipinski definition) is 5. The molecule has 40 heavy (non-hydrogen) atoms. The summed E-state index contributed by atoms with van der Waals surface area (Å²) in [7, 11) is 0. The molecule has 6 heteroatoms. The number of nitrogens with zero attached hydrogens (tertiary/aromatic N) is 1. The van der Waals surface area contributed by atoms with Gasteiger partial charge in [-0.25, -0.2) is 0 Å². The zero-order valence-electron chi connectivity index (χ0n) is 24.4. The van der Waals surface area contributed by atoms with E-state index in [1.54, 1.807) is 38.2 Å². The van der Waals surface area contributed by atoms with Gasteiger partial charge in [-0.05, 0) is 103 Å². The summed E-state index contributed by atoms with van der Waals surface area (Å²) in [5, 5.41) is 12.1. The van der Waals surface area contributed by atoms with Crippen molar-refractivity contribution in [3.05, 3.63) is 75.7 Å². The third-order valence-electron chi connectivity index (χ3n) is 8.02. The van der Waals surface area contributed by atoms with Crippen LogP contribution in [0, 0.1) is 15.7 Å². The van der Waals surface area contributed by atoms with Crippen LogP contribution in [0.4, 0.5) is 0 Å². The minimum absolute atomic E-state index is 0.00205. The Hall–Kier alpha value is -3.25. The molecular formula is C34H43NO5. The van der Waals surface area contributed by atoms with Crippen molar-refractivity contribution in [2.24, 2.45) is 16.0 Å². The van der Waals surface area contributed by atoms with E-state index in [2.05, 4.69) is 19.0 Å². The van der Waals surface area contributed by atoms with Crippen LogP contribution in [-0.4, -0.2) is 29.2 Å². The monoisotopic (exact) mass is 545 g/mol. The fourth-order valence-electron chi connectivity index (χ4n) is 5.42. The molecule has 0 unspecified atom stereocenters. The van der Waals surface area contributed by atoms with E-state index >= 15 is 0 Å². The molecule has 2 aliphatic rings. The SMILES string of the molecule is CC(C)(CO)CCCCC1=CC(=O)C=C(c2ccccc2C2=CC(=O)C=C(CCCCC(C)(C)C(=O)N=O)C2)C1. The van der Waals surface area contributed by atoms with E-state index in [0.717, 1.165) is 78.4 Å². The Labute approximate surface area is 238 Å². The van der Waals surface area contributed by atoms with Gasteiger partial charge in [-0.2, -0.15) is 0 Å². The molecule has 214 valence electrons. The van der Waals surface area contributed by atoms with Gasteiger partial charge in [-0.3, -0.25) is 14.4 Å². The largest absolute Gasteiger partial charge is 0.396 e. The molecule has 1 amide bonds. The highest BCUT2D eigenvalue weighted by atomic mass is 16.3. The maximum absolute atomic E-state index is 12.7. The maximum atomic E-state index is 12.7. The third kappa shape index (κ3) is 8.88. The van der Waals surface area contributed by atoms with Gasteiger partial charge in [0.25, 0.3) is 5.91 Å². The summed E-state index contributed by atoms with van der Waals surface area (Å²) in [5.74, 6) is -0.658. The van der Waals surface area contributed by atoms with Crippen molar-refractivity contribution in [2.45, 2.75) is 91.9 Å². The lowest BCUT2D eigenvalue weighted by atomic mass is 9.82. The molecule has 1 N–H and O–H groups in total. The Bertz CT molecular complexity index is 1260. The van der Waals surface area contributed by atoms with Crippen LogP contribution < -0.4 is 0 Å². The summed E-state index contributed by atoms with van der Waals surface area (Å²) in [6.45, 7) is 7.78. The molecule has 0 bridgehead atoms. The van der Waals surface area contributed by atoms with Gasteiger partial charge in [-0.15, -0.1) is 4.91 Å². The predicted octanol–water partition coefficient (Wildman–Crippen LogP) is 7.71. The van der Waals surface area contributed by atoms with Gasteiger partial charge >= 0.3 is 0 Å². The van der Waals surface area contributed by atoms with E-state index in [4.69, 9.17) is 0 Å². The molecule has 2 aliphatic carbocycles. The van der Waals surface area contributed by atoms with Crippen LogP contribution in [0.2, 0.25) is 0 Å². The number of hydrogen-bond donors (Lipinski definition) is 1. The number of unbranched alkanes of at least 4 members (excludes halogenated alkanes) is 2. The average Bonchev–Trinajstić information content (AvgIpc) is 2.92. The molecule has 1 aromatic carbocycles. The van der Waals surface area contributed by atoms with Crippen LogP contribution in [0.25, 0.3) is 11.1 Å². The number of ketones is 2. The highest BCUT2D eigenvalue weighted by molar-refractivity contribution is 6.09. The van der Waals surface area contributed by atoms with Crippen molar-refractivity contribution in [3.63, 3.8) is 0 Å². The summed E-state index contributed by atoms with van der Waals surface area (Å²) in [6, 6.07) is 7.99. The van der Waals surface area contributed by atoms with Crippen molar-refractivity contribution in [1.29, 1.82) is 0 Å². The number of benzene rings is 1. The molecule has 3 rings (SSSR count). The number of nitroso groups, excluding NO2 is 1. The van der Waals surface area contributed by atoms with E-state index in [-0.39, 0.29) is 23.6 Å². The zero-order chi connectivity index (χ0) is 29.3. The van der Waals surface area contributed by atoms with Crippen LogP contribution >= 0.6 is 0 Å². The first-order valence-electron chi connectivity index (χ1n) is 14.4. The van der Waals surface area contributed by atoms with Gasteiger partial charge in [0.05, 0.1) is 0 Å². The number of allylic oxidation sites excluding steroid dienone is 8. The van der Waals surface area contributed by atoms with Gasteiger partial charge in [0.1, 0.15) is 0 Å². The second kappa shape index (κ2) is 13.9. The third-order valence-corrected chi connectivity index (χ3v) is 8.02. The van der Waals surface area contributed by atoms with Crippen LogP contribution in [0.5, 0.6) is 0 Å². The van der Waals surface area contributed by atoms with Crippen molar-refractivity contribution >= 4 is 28.6 Å².